The lowest BCUT2D eigenvalue weighted by Gasteiger charge is -2.08. The second kappa shape index (κ2) is 10.0. The summed E-state index contributed by atoms with van der Waals surface area (Å²) < 4.78 is 11.0. The number of anilines is 1. The van der Waals surface area contributed by atoms with Crippen molar-refractivity contribution in [2.24, 2.45) is 0 Å². The second-order valence-electron chi connectivity index (χ2n) is 6.55. The third-order valence-electron chi connectivity index (χ3n) is 4.30. The van der Waals surface area contributed by atoms with Gasteiger partial charge in [0.05, 0.1) is 10.5 Å². The number of hydrogen-bond acceptors (Lipinski definition) is 6. The quantitative estimate of drug-likeness (QED) is 0.309. The minimum Gasteiger partial charge on any atom is -0.457 e. The fraction of sp³-hybridized carbons (Fsp3) is 0.130. The van der Waals surface area contributed by atoms with Gasteiger partial charge < -0.3 is 14.8 Å². The summed E-state index contributed by atoms with van der Waals surface area (Å²) in [5, 5.41) is 13.4. The molecule has 158 valence electrons. The Hall–Kier alpha value is -4.20. The highest BCUT2D eigenvalue weighted by Crippen LogP contribution is 2.24. The monoisotopic (exact) mass is 420 g/mol. The Morgan fingerprint density at radius 3 is 2.03 bits per heavy atom. The largest absolute Gasteiger partial charge is 0.457 e. The Morgan fingerprint density at radius 1 is 0.903 bits per heavy atom. The molecule has 1 amide bonds. The summed E-state index contributed by atoms with van der Waals surface area (Å²) >= 11 is 0. The average Bonchev–Trinajstić information content (AvgIpc) is 2.79. The lowest BCUT2D eigenvalue weighted by atomic mass is 10.2. The lowest BCUT2D eigenvalue weighted by Crippen LogP contribution is -2.10. The molecule has 3 rings (SSSR count). The normalized spacial score (nSPS) is 10.2. The maximum atomic E-state index is 12.2. The molecule has 0 heterocycles. The molecular weight excluding hydrogens is 400 g/mol. The van der Waals surface area contributed by atoms with Crippen LogP contribution in [0.5, 0.6) is 11.5 Å². The van der Waals surface area contributed by atoms with Gasteiger partial charge in [0.2, 0.25) is 5.91 Å². The predicted octanol–water partition coefficient (Wildman–Crippen LogP) is 5.09. The lowest BCUT2D eigenvalue weighted by molar-refractivity contribution is -0.384. The van der Waals surface area contributed by atoms with Gasteiger partial charge in [-0.05, 0) is 54.1 Å². The third-order valence-corrected chi connectivity index (χ3v) is 4.30. The zero-order valence-corrected chi connectivity index (χ0v) is 16.7. The van der Waals surface area contributed by atoms with E-state index in [-0.39, 0.29) is 18.2 Å². The van der Waals surface area contributed by atoms with Crippen LogP contribution in [0, 0.1) is 10.1 Å². The highest BCUT2D eigenvalue weighted by atomic mass is 16.6. The van der Waals surface area contributed by atoms with E-state index in [9.17, 15) is 19.7 Å². The zero-order valence-electron chi connectivity index (χ0n) is 16.7. The first-order chi connectivity index (χ1) is 14.9. The summed E-state index contributed by atoms with van der Waals surface area (Å²) in [5.74, 6) is 0.452. The number of nitrogens with zero attached hydrogens (tertiary/aromatic N) is 1. The van der Waals surface area contributed by atoms with Crippen LogP contribution >= 0.6 is 0 Å². The van der Waals surface area contributed by atoms with Gasteiger partial charge in [-0.25, -0.2) is 4.79 Å². The van der Waals surface area contributed by atoms with Crippen molar-refractivity contribution < 1.29 is 24.0 Å². The van der Waals surface area contributed by atoms with Gasteiger partial charge in [0.1, 0.15) is 18.1 Å². The number of nitro groups is 1. The topological polar surface area (TPSA) is 108 Å². The standard InChI is InChI=1S/C23H20N2O6/c1-2-22(26)24-18-7-5-17(6-8-18)23(27)30-15-16-3-11-20(12-4-16)31-21-13-9-19(10-14-21)25(28)29/h3-14H,2,15H2,1H3,(H,24,26). The molecule has 0 aliphatic carbocycles. The smallest absolute Gasteiger partial charge is 0.338 e. The van der Waals surface area contributed by atoms with Gasteiger partial charge in [-0.3, -0.25) is 14.9 Å². The molecule has 0 saturated heterocycles. The van der Waals surface area contributed by atoms with E-state index in [1.807, 2.05) is 0 Å². The van der Waals surface area contributed by atoms with Crippen LogP contribution in [0.15, 0.2) is 72.8 Å². The van der Waals surface area contributed by atoms with E-state index in [1.54, 1.807) is 55.5 Å². The molecular formula is C23H20N2O6. The van der Waals surface area contributed by atoms with Gasteiger partial charge in [0, 0.05) is 24.2 Å². The molecule has 0 atom stereocenters. The molecule has 3 aromatic rings. The number of rotatable bonds is 8. The Morgan fingerprint density at radius 2 is 1.48 bits per heavy atom. The molecule has 0 unspecified atom stereocenters. The number of carbonyl (C=O) groups excluding carboxylic acids is 2. The third kappa shape index (κ3) is 6.14. The number of ether oxygens (including phenoxy) is 2. The molecule has 31 heavy (non-hydrogen) atoms. The van der Waals surface area contributed by atoms with Crippen LogP contribution in [-0.4, -0.2) is 16.8 Å². The molecule has 1 N–H and O–H groups in total. The Bertz CT molecular complexity index is 1060. The SMILES string of the molecule is CCC(=O)Nc1ccc(C(=O)OCc2ccc(Oc3ccc([N+](=O)[O-])cc3)cc2)cc1. The van der Waals surface area contributed by atoms with E-state index in [1.165, 1.54) is 24.3 Å². The minimum absolute atomic E-state index is 0.00938. The average molecular weight is 420 g/mol. The molecule has 8 heteroatoms. The van der Waals surface area contributed by atoms with Crippen LogP contribution in [0.4, 0.5) is 11.4 Å². The van der Waals surface area contributed by atoms with Crippen molar-refractivity contribution in [3.05, 3.63) is 94.0 Å². The van der Waals surface area contributed by atoms with Gasteiger partial charge in [-0.1, -0.05) is 19.1 Å². The number of nitro benzene ring substituents is 1. The minimum atomic E-state index is -0.474. The van der Waals surface area contributed by atoms with E-state index < -0.39 is 10.9 Å². The highest BCUT2D eigenvalue weighted by molar-refractivity contribution is 5.92. The van der Waals surface area contributed by atoms with Crippen molar-refractivity contribution in [3.8, 4) is 11.5 Å². The van der Waals surface area contributed by atoms with Gasteiger partial charge in [0.25, 0.3) is 5.69 Å². The van der Waals surface area contributed by atoms with Crippen LogP contribution in [0.2, 0.25) is 0 Å². The van der Waals surface area contributed by atoms with Gasteiger partial charge >= 0.3 is 5.97 Å². The predicted molar refractivity (Wildman–Crippen MR) is 114 cm³/mol. The molecule has 0 aliphatic heterocycles. The Labute approximate surface area is 178 Å². The molecule has 0 radical (unpaired) electrons. The van der Waals surface area contributed by atoms with Gasteiger partial charge in [0.15, 0.2) is 0 Å². The molecule has 0 bridgehead atoms. The van der Waals surface area contributed by atoms with E-state index in [4.69, 9.17) is 9.47 Å². The van der Waals surface area contributed by atoms with Gasteiger partial charge in [-0.15, -0.1) is 0 Å². The van der Waals surface area contributed by atoms with Crippen LogP contribution in [-0.2, 0) is 16.1 Å². The summed E-state index contributed by atoms with van der Waals surface area (Å²) in [6.07, 6.45) is 0.376. The number of esters is 1. The van der Waals surface area contributed by atoms with Gasteiger partial charge in [-0.2, -0.15) is 0 Å². The van der Waals surface area contributed by atoms with Crippen LogP contribution in [0.25, 0.3) is 0 Å². The molecule has 0 aliphatic rings. The van der Waals surface area contributed by atoms with Crippen molar-refractivity contribution in [1.29, 1.82) is 0 Å². The second-order valence-corrected chi connectivity index (χ2v) is 6.55. The fourth-order valence-electron chi connectivity index (χ4n) is 2.60. The Balaban J connectivity index is 1.52. The van der Waals surface area contributed by atoms with Crippen LogP contribution < -0.4 is 10.1 Å². The summed E-state index contributed by atoms with van der Waals surface area (Å²) in [6.45, 7) is 1.85. The molecule has 3 aromatic carbocycles. The summed E-state index contributed by atoms with van der Waals surface area (Å²) in [7, 11) is 0. The molecule has 8 nitrogen and oxygen atoms in total. The number of benzene rings is 3. The van der Waals surface area contributed by atoms with E-state index in [0.29, 0.717) is 29.2 Å². The number of non-ortho nitro benzene ring substituents is 1. The molecule has 0 aromatic heterocycles. The van der Waals surface area contributed by atoms with Crippen molar-refractivity contribution in [3.63, 3.8) is 0 Å². The van der Waals surface area contributed by atoms with Crippen molar-refractivity contribution >= 4 is 23.3 Å². The number of amides is 1. The molecule has 0 spiro atoms. The summed E-state index contributed by atoms with van der Waals surface area (Å²) in [5.41, 5.74) is 1.76. The number of hydrogen-bond donors (Lipinski definition) is 1. The van der Waals surface area contributed by atoms with Crippen molar-refractivity contribution in [2.75, 3.05) is 5.32 Å². The van der Waals surface area contributed by atoms with Crippen molar-refractivity contribution in [2.45, 2.75) is 20.0 Å². The van der Waals surface area contributed by atoms with E-state index >= 15 is 0 Å². The number of nitrogens with one attached hydrogen (secondary N) is 1. The van der Waals surface area contributed by atoms with E-state index in [0.717, 1.165) is 5.56 Å². The summed E-state index contributed by atoms with van der Waals surface area (Å²) in [4.78, 5) is 33.8. The van der Waals surface area contributed by atoms with Crippen molar-refractivity contribution in [1.82, 2.24) is 0 Å². The first kappa shape index (κ1) is 21.5. The Kier molecular flexibility index (Phi) is 6.95. The summed E-state index contributed by atoms with van der Waals surface area (Å²) in [6, 6.07) is 19.2. The zero-order chi connectivity index (χ0) is 22.2. The van der Waals surface area contributed by atoms with Crippen LogP contribution in [0.3, 0.4) is 0 Å². The first-order valence-corrected chi connectivity index (χ1v) is 9.53. The maximum absolute atomic E-state index is 12.2. The number of carbonyl (C=O) groups is 2. The molecule has 0 fully saturated rings. The molecule has 0 saturated carbocycles. The maximum Gasteiger partial charge on any atom is 0.338 e. The fourth-order valence-corrected chi connectivity index (χ4v) is 2.60. The highest BCUT2D eigenvalue weighted by Gasteiger charge is 2.09. The van der Waals surface area contributed by atoms with E-state index in [2.05, 4.69) is 5.32 Å². The first-order valence-electron chi connectivity index (χ1n) is 9.53. The van der Waals surface area contributed by atoms with Crippen LogP contribution in [0.1, 0.15) is 29.3 Å².